The second-order valence-electron chi connectivity index (χ2n) is 5.37. The van der Waals surface area contributed by atoms with Crippen LogP contribution in [0.3, 0.4) is 0 Å². The third-order valence-corrected chi connectivity index (χ3v) is 3.56. The van der Waals surface area contributed by atoms with Crippen LogP contribution in [-0.4, -0.2) is 16.9 Å². The van der Waals surface area contributed by atoms with Crippen LogP contribution in [0.4, 0.5) is 0 Å². The van der Waals surface area contributed by atoms with Gasteiger partial charge in [-0.15, -0.1) is 0 Å². The lowest BCUT2D eigenvalue weighted by Crippen LogP contribution is -2.23. The highest BCUT2D eigenvalue weighted by atomic mass is 16.4. The third kappa shape index (κ3) is 9.69. The second kappa shape index (κ2) is 12.2. The normalized spacial score (nSPS) is 12.3. The highest BCUT2D eigenvalue weighted by Crippen LogP contribution is 2.16. The molecule has 0 aromatic heterocycles. The summed E-state index contributed by atoms with van der Waals surface area (Å²) in [6.07, 6.45) is 10.5. The Bertz CT molecular complexity index is 248. The first-order valence-corrected chi connectivity index (χ1v) is 7.89. The van der Waals surface area contributed by atoms with Gasteiger partial charge >= 0.3 is 5.97 Å². The third-order valence-electron chi connectivity index (χ3n) is 3.56. The Labute approximate surface area is 117 Å². The molecule has 0 heterocycles. The van der Waals surface area contributed by atoms with E-state index >= 15 is 0 Å². The van der Waals surface area contributed by atoms with Crippen molar-refractivity contribution in [1.29, 1.82) is 0 Å². The van der Waals surface area contributed by atoms with E-state index in [2.05, 4.69) is 13.8 Å². The van der Waals surface area contributed by atoms with Crippen LogP contribution >= 0.6 is 0 Å². The maximum absolute atomic E-state index is 11.9. The molecule has 19 heavy (non-hydrogen) atoms. The van der Waals surface area contributed by atoms with Gasteiger partial charge in [0.05, 0.1) is 0 Å². The van der Waals surface area contributed by atoms with Crippen LogP contribution in [0.2, 0.25) is 0 Å². The zero-order valence-electron chi connectivity index (χ0n) is 12.6. The largest absolute Gasteiger partial charge is 0.481 e. The Hall–Kier alpha value is -0.860. The number of carboxylic acids is 1. The van der Waals surface area contributed by atoms with Crippen molar-refractivity contribution < 1.29 is 14.7 Å². The fraction of sp³-hybridized carbons (Fsp3) is 0.875. The molecule has 0 spiro atoms. The number of hydrogen-bond donors (Lipinski definition) is 1. The van der Waals surface area contributed by atoms with Gasteiger partial charge in [-0.1, -0.05) is 65.2 Å². The highest BCUT2D eigenvalue weighted by molar-refractivity contribution is 5.98. The molecule has 0 aliphatic rings. The number of Topliss-reactive ketones (excluding diaryl/α,β-unsaturated/α-hetero) is 1. The summed E-state index contributed by atoms with van der Waals surface area (Å²) in [5, 5.41) is 9.12. The van der Waals surface area contributed by atoms with Gasteiger partial charge in [0.25, 0.3) is 0 Å². The summed E-state index contributed by atoms with van der Waals surface area (Å²) >= 11 is 0. The minimum atomic E-state index is -0.935. The number of carbonyl (C=O) groups excluding carboxylic acids is 1. The van der Waals surface area contributed by atoms with E-state index in [4.69, 9.17) is 5.11 Å². The van der Waals surface area contributed by atoms with E-state index in [1.54, 1.807) is 0 Å². The van der Waals surface area contributed by atoms with Crippen LogP contribution in [0, 0.1) is 5.92 Å². The van der Waals surface area contributed by atoms with Crippen LogP contribution in [0.5, 0.6) is 0 Å². The summed E-state index contributed by atoms with van der Waals surface area (Å²) in [7, 11) is 0. The number of carbonyl (C=O) groups is 2. The van der Waals surface area contributed by atoms with Crippen LogP contribution < -0.4 is 0 Å². The molecule has 0 radical (unpaired) electrons. The monoisotopic (exact) mass is 270 g/mol. The van der Waals surface area contributed by atoms with Crippen molar-refractivity contribution >= 4 is 11.8 Å². The molecular formula is C16H30O3. The predicted molar refractivity (Wildman–Crippen MR) is 78.3 cm³/mol. The number of unbranched alkanes of at least 4 members (excludes halogenated alkanes) is 7. The minimum absolute atomic E-state index is 0.0690. The van der Waals surface area contributed by atoms with E-state index in [1.165, 1.54) is 12.8 Å². The van der Waals surface area contributed by atoms with Crippen molar-refractivity contribution in [2.24, 2.45) is 5.92 Å². The maximum Gasteiger partial charge on any atom is 0.314 e. The molecule has 0 aliphatic heterocycles. The summed E-state index contributed by atoms with van der Waals surface area (Å²) in [5.41, 5.74) is 0. The van der Waals surface area contributed by atoms with Crippen molar-refractivity contribution in [3.63, 3.8) is 0 Å². The summed E-state index contributed by atoms with van der Waals surface area (Å²) < 4.78 is 0. The van der Waals surface area contributed by atoms with Crippen molar-refractivity contribution in [3.8, 4) is 0 Å². The van der Waals surface area contributed by atoms with Crippen LogP contribution in [0.1, 0.15) is 84.5 Å². The van der Waals surface area contributed by atoms with Gasteiger partial charge in [-0.2, -0.15) is 0 Å². The van der Waals surface area contributed by atoms with Crippen molar-refractivity contribution in [2.45, 2.75) is 84.5 Å². The Morgan fingerprint density at radius 2 is 1.37 bits per heavy atom. The van der Waals surface area contributed by atoms with Gasteiger partial charge in [0.2, 0.25) is 0 Å². The van der Waals surface area contributed by atoms with Gasteiger partial charge in [0.1, 0.15) is 11.7 Å². The first-order chi connectivity index (χ1) is 9.13. The number of aliphatic carboxylic acids is 1. The van der Waals surface area contributed by atoms with E-state index in [0.717, 1.165) is 44.9 Å². The van der Waals surface area contributed by atoms with Gasteiger partial charge in [-0.05, 0) is 12.8 Å². The molecule has 1 atom stereocenters. The van der Waals surface area contributed by atoms with E-state index in [-0.39, 0.29) is 5.78 Å². The minimum Gasteiger partial charge on any atom is -0.481 e. The fourth-order valence-corrected chi connectivity index (χ4v) is 2.27. The number of carboxylic acid groups (broad SMARTS) is 1. The molecule has 0 rings (SSSR count). The summed E-state index contributed by atoms with van der Waals surface area (Å²) in [5.74, 6) is -1.77. The number of rotatable bonds is 13. The van der Waals surface area contributed by atoms with Crippen LogP contribution in [-0.2, 0) is 9.59 Å². The standard InChI is InChI=1S/C16H30O3/c1-3-5-7-9-11-13-15(17)14(16(18)19)12-10-8-6-4-2/h14H,3-13H2,1-2H3,(H,18,19)/t14-/m1/s1. The van der Waals surface area contributed by atoms with Gasteiger partial charge in [-0.3, -0.25) is 9.59 Å². The molecule has 0 unspecified atom stereocenters. The van der Waals surface area contributed by atoms with Crippen molar-refractivity contribution in [3.05, 3.63) is 0 Å². The van der Waals surface area contributed by atoms with Gasteiger partial charge in [0, 0.05) is 6.42 Å². The van der Waals surface area contributed by atoms with Gasteiger partial charge < -0.3 is 5.11 Å². The molecule has 0 saturated heterocycles. The highest BCUT2D eigenvalue weighted by Gasteiger charge is 2.24. The Morgan fingerprint density at radius 1 is 0.842 bits per heavy atom. The number of ketones is 1. The fourth-order valence-electron chi connectivity index (χ4n) is 2.27. The Morgan fingerprint density at radius 3 is 1.89 bits per heavy atom. The lowest BCUT2D eigenvalue weighted by atomic mass is 9.93. The van der Waals surface area contributed by atoms with Crippen LogP contribution in [0.25, 0.3) is 0 Å². The van der Waals surface area contributed by atoms with E-state index < -0.39 is 11.9 Å². The molecule has 0 aromatic rings. The molecule has 0 amide bonds. The van der Waals surface area contributed by atoms with E-state index in [9.17, 15) is 9.59 Å². The first-order valence-electron chi connectivity index (χ1n) is 7.89. The average Bonchev–Trinajstić information content (AvgIpc) is 2.37. The molecule has 0 bridgehead atoms. The van der Waals surface area contributed by atoms with Crippen LogP contribution in [0.15, 0.2) is 0 Å². The maximum atomic E-state index is 11.9. The molecule has 0 fully saturated rings. The second-order valence-corrected chi connectivity index (χ2v) is 5.37. The van der Waals surface area contributed by atoms with Crippen molar-refractivity contribution in [1.82, 2.24) is 0 Å². The molecular weight excluding hydrogens is 240 g/mol. The van der Waals surface area contributed by atoms with E-state index in [1.807, 2.05) is 0 Å². The Kier molecular flexibility index (Phi) is 11.6. The molecule has 0 aliphatic carbocycles. The lowest BCUT2D eigenvalue weighted by Gasteiger charge is -2.11. The molecule has 3 heteroatoms. The summed E-state index contributed by atoms with van der Waals surface area (Å²) in [4.78, 5) is 23.0. The zero-order valence-corrected chi connectivity index (χ0v) is 12.6. The zero-order chi connectivity index (χ0) is 14.5. The quantitative estimate of drug-likeness (QED) is 0.393. The van der Waals surface area contributed by atoms with Crippen molar-refractivity contribution in [2.75, 3.05) is 0 Å². The summed E-state index contributed by atoms with van der Waals surface area (Å²) in [6.45, 7) is 4.28. The summed E-state index contributed by atoms with van der Waals surface area (Å²) in [6, 6.07) is 0. The molecule has 3 nitrogen and oxygen atoms in total. The van der Waals surface area contributed by atoms with Gasteiger partial charge in [-0.25, -0.2) is 0 Å². The average molecular weight is 270 g/mol. The molecule has 112 valence electrons. The Balaban J connectivity index is 3.88. The topological polar surface area (TPSA) is 54.4 Å². The predicted octanol–water partition coefficient (Wildman–Crippen LogP) is 4.59. The molecule has 0 saturated carbocycles. The SMILES string of the molecule is CCCCCCCC(=O)[C@@H](CCCCCC)C(=O)O. The smallest absolute Gasteiger partial charge is 0.314 e. The van der Waals surface area contributed by atoms with Gasteiger partial charge in [0.15, 0.2) is 0 Å². The molecule has 0 aromatic carbocycles. The lowest BCUT2D eigenvalue weighted by molar-refractivity contribution is -0.146. The number of hydrogen-bond acceptors (Lipinski definition) is 2. The van der Waals surface area contributed by atoms with E-state index in [0.29, 0.717) is 12.8 Å². The first kappa shape index (κ1) is 18.1. The molecule has 1 N–H and O–H groups in total.